The molecule has 0 atom stereocenters. The molecule has 1 amide bonds. The third kappa shape index (κ3) is 4.59. The number of rotatable bonds is 8. The van der Waals surface area contributed by atoms with Gasteiger partial charge in [-0.05, 0) is 40.8 Å². The topological polar surface area (TPSA) is 138 Å². The van der Waals surface area contributed by atoms with E-state index in [1.165, 1.54) is 4.68 Å². The molecule has 0 saturated heterocycles. The minimum absolute atomic E-state index is 0.0161. The van der Waals surface area contributed by atoms with Gasteiger partial charge in [0, 0.05) is 12.1 Å². The van der Waals surface area contributed by atoms with E-state index < -0.39 is 10.8 Å². The molecule has 0 radical (unpaired) electrons. The molecule has 152 valence electrons. The smallest absolute Gasteiger partial charge is 0.404 e. The summed E-state index contributed by atoms with van der Waals surface area (Å²) in [6, 6.07) is 7.36. The second kappa shape index (κ2) is 8.82. The van der Waals surface area contributed by atoms with Crippen molar-refractivity contribution >= 4 is 27.7 Å². The number of carbonyl (C=O) groups is 1. The highest BCUT2D eigenvalue weighted by molar-refractivity contribution is 9.10. The normalized spacial score (nSPS) is 10.7. The lowest BCUT2D eigenvalue weighted by Crippen LogP contribution is -2.23. The fourth-order valence-corrected chi connectivity index (χ4v) is 2.95. The number of ether oxygens (including phenoxy) is 1. The Labute approximate surface area is 173 Å². The summed E-state index contributed by atoms with van der Waals surface area (Å²) in [6.07, 6.45) is 0. The number of hydrogen-bond donors (Lipinski definition) is 1. The van der Waals surface area contributed by atoms with Crippen LogP contribution >= 0.6 is 15.9 Å². The van der Waals surface area contributed by atoms with Crippen LogP contribution in [-0.4, -0.2) is 37.4 Å². The Morgan fingerprint density at radius 3 is 2.86 bits per heavy atom. The molecule has 0 saturated carbocycles. The zero-order valence-electron chi connectivity index (χ0n) is 15.6. The Hall–Kier alpha value is -3.28. The highest BCUT2D eigenvalue weighted by Gasteiger charge is 2.25. The monoisotopic (exact) mass is 464 g/mol. The van der Waals surface area contributed by atoms with E-state index in [1.54, 1.807) is 6.92 Å². The highest BCUT2D eigenvalue weighted by Crippen LogP contribution is 2.27. The molecule has 3 rings (SSSR count). The number of hydrogen-bond acceptors (Lipinski definition) is 8. The van der Waals surface area contributed by atoms with Gasteiger partial charge in [-0.3, -0.25) is 4.79 Å². The molecular formula is C17H17BrN6O5. The van der Waals surface area contributed by atoms with Gasteiger partial charge in [0.1, 0.15) is 16.8 Å². The second-order valence-corrected chi connectivity index (χ2v) is 6.67. The molecule has 0 unspecified atom stereocenters. The van der Waals surface area contributed by atoms with Crippen molar-refractivity contribution in [3.8, 4) is 5.75 Å². The van der Waals surface area contributed by atoms with Crippen LogP contribution < -0.4 is 10.1 Å². The van der Waals surface area contributed by atoms with Crippen LogP contribution in [0.4, 0.5) is 5.82 Å². The first-order chi connectivity index (χ1) is 13.9. The first kappa shape index (κ1) is 20.5. The number of benzene rings is 1. The van der Waals surface area contributed by atoms with Crippen LogP contribution in [0.3, 0.4) is 0 Å². The number of halogens is 1. The lowest BCUT2D eigenvalue weighted by Gasteiger charge is -2.09. The number of amides is 1. The van der Waals surface area contributed by atoms with Gasteiger partial charge < -0.3 is 24.7 Å². The van der Waals surface area contributed by atoms with E-state index in [-0.39, 0.29) is 35.1 Å². The quantitative estimate of drug-likeness (QED) is 0.396. The average Bonchev–Trinajstić information content (AvgIpc) is 3.28. The number of nitro groups is 1. The minimum Gasteiger partial charge on any atom is -0.494 e. The van der Waals surface area contributed by atoms with Gasteiger partial charge in [-0.1, -0.05) is 23.4 Å². The minimum atomic E-state index is -0.594. The molecule has 29 heavy (non-hydrogen) atoms. The Kier molecular flexibility index (Phi) is 6.22. The summed E-state index contributed by atoms with van der Waals surface area (Å²) in [5, 5.41) is 21.3. The Morgan fingerprint density at radius 2 is 2.17 bits per heavy atom. The zero-order chi connectivity index (χ0) is 21.0. The van der Waals surface area contributed by atoms with Gasteiger partial charge in [0.25, 0.3) is 0 Å². The largest absolute Gasteiger partial charge is 0.494 e. The van der Waals surface area contributed by atoms with Crippen molar-refractivity contribution in [1.29, 1.82) is 0 Å². The predicted molar refractivity (Wildman–Crippen MR) is 103 cm³/mol. The standard InChI is InChI=1S/C17H17BrN6O5/c1-3-28-12-7-5-4-6-11(12)8-19-16(25)17-20-13(22-29-17)9-23-10(2)14(18)15(21-23)24(26)27/h4-7H,3,8-9H2,1-2H3,(H,19,25). The molecule has 1 N–H and O–H groups in total. The summed E-state index contributed by atoms with van der Waals surface area (Å²) in [7, 11) is 0. The fourth-order valence-electron chi connectivity index (χ4n) is 2.52. The van der Waals surface area contributed by atoms with E-state index in [0.717, 1.165) is 5.56 Å². The fraction of sp³-hybridized carbons (Fsp3) is 0.294. The first-order valence-electron chi connectivity index (χ1n) is 8.59. The van der Waals surface area contributed by atoms with Crippen molar-refractivity contribution in [2.75, 3.05) is 6.61 Å². The number of nitrogens with zero attached hydrogens (tertiary/aromatic N) is 5. The molecule has 0 bridgehead atoms. The molecule has 12 heteroatoms. The maximum absolute atomic E-state index is 12.3. The lowest BCUT2D eigenvalue weighted by molar-refractivity contribution is -0.390. The predicted octanol–water partition coefficient (Wildman–Crippen LogP) is 2.62. The van der Waals surface area contributed by atoms with E-state index >= 15 is 0 Å². The van der Waals surface area contributed by atoms with Crippen LogP contribution in [0.1, 0.15) is 34.7 Å². The molecule has 0 aliphatic rings. The Balaban J connectivity index is 1.67. The summed E-state index contributed by atoms with van der Waals surface area (Å²) in [4.78, 5) is 26.7. The molecule has 1 aromatic carbocycles. The van der Waals surface area contributed by atoms with Gasteiger partial charge in [0.05, 0.1) is 17.4 Å². The van der Waals surface area contributed by atoms with Crippen molar-refractivity contribution in [3.05, 3.63) is 61.8 Å². The lowest BCUT2D eigenvalue weighted by atomic mass is 10.2. The maximum Gasteiger partial charge on any atom is 0.404 e. The Bertz CT molecular complexity index is 1050. The van der Waals surface area contributed by atoms with E-state index in [4.69, 9.17) is 9.26 Å². The van der Waals surface area contributed by atoms with E-state index in [1.807, 2.05) is 31.2 Å². The molecule has 2 heterocycles. The van der Waals surface area contributed by atoms with Gasteiger partial charge in [-0.15, -0.1) is 0 Å². The van der Waals surface area contributed by atoms with Gasteiger partial charge in [0.2, 0.25) is 0 Å². The van der Waals surface area contributed by atoms with Crippen molar-refractivity contribution in [2.24, 2.45) is 0 Å². The van der Waals surface area contributed by atoms with Gasteiger partial charge >= 0.3 is 17.6 Å². The average molecular weight is 465 g/mol. The van der Waals surface area contributed by atoms with Crippen LogP contribution in [0.15, 0.2) is 33.3 Å². The summed E-state index contributed by atoms with van der Waals surface area (Å²) in [5.41, 5.74) is 1.34. The number of carbonyl (C=O) groups excluding carboxylic acids is 1. The van der Waals surface area contributed by atoms with Crippen molar-refractivity contribution < 1.29 is 19.0 Å². The molecular weight excluding hydrogens is 448 g/mol. The SMILES string of the molecule is CCOc1ccccc1CNC(=O)c1nc(Cn2nc([N+](=O)[O-])c(Br)c2C)no1. The highest BCUT2D eigenvalue weighted by atomic mass is 79.9. The number of para-hydroxylation sites is 1. The van der Waals surface area contributed by atoms with Crippen LogP contribution in [0, 0.1) is 17.0 Å². The van der Waals surface area contributed by atoms with E-state index in [9.17, 15) is 14.9 Å². The van der Waals surface area contributed by atoms with Crippen LogP contribution in [0.5, 0.6) is 5.75 Å². The zero-order valence-corrected chi connectivity index (χ0v) is 17.2. The Morgan fingerprint density at radius 1 is 1.41 bits per heavy atom. The van der Waals surface area contributed by atoms with Gasteiger partial charge in [0.15, 0.2) is 5.82 Å². The second-order valence-electron chi connectivity index (χ2n) is 5.88. The molecule has 2 aromatic heterocycles. The number of nitrogens with one attached hydrogen (secondary N) is 1. The molecule has 0 aliphatic carbocycles. The summed E-state index contributed by atoms with van der Waals surface area (Å²) < 4.78 is 12.1. The first-order valence-corrected chi connectivity index (χ1v) is 9.38. The third-order valence-corrected chi connectivity index (χ3v) is 4.88. The maximum atomic E-state index is 12.3. The molecule has 11 nitrogen and oxygen atoms in total. The van der Waals surface area contributed by atoms with Crippen molar-refractivity contribution in [1.82, 2.24) is 25.2 Å². The molecule has 0 aliphatic heterocycles. The van der Waals surface area contributed by atoms with Crippen LogP contribution in [0.2, 0.25) is 0 Å². The summed E-state index contributed by atoms with van der Waals surface area (Å²) in [5.74, 6) is -0.218. The van der Waals surface area contributed by atoms with Crippen LogP contribution in [-0.2, 0) is 13.1 Å². The summed E-state index contributed by atoms with van der Waals surface area (Å²) in [6.45, 7) is 4.29. The third-order valence-electron chi connectivity index (χ3n) is 3.95. The van der Waals surface area contributed by atoms with Gasteiger partial charge in [-0.2, -0.15) is 9.67 Å². The van der Waals surface area contributed by atoms with Gasteiger partial charge in [-0.25, -0.2) is 0 Å². The van der Waals surface area contributed by atoms with E-state index in [0.29, 0.717) is 18.1 Å². The molecule has 0 fully saturated rings. The number of aromatic nitrogens is 4. The molecule has 3 aromatic rings. The van der Waals surface area contributed by atoms with Crippen molar-refractivity contribution in [2.45, 2.75) is 26.9 Å². The van der Waals surface area contributed by atoms with Crippen LogP contribution in [0.25, 0.3) is 0 Å². The van der Waals surface area contributed by atoms with E-state index in [2.05, 4.69) is 36.5 Å². The molecule has 0 spiro atoms. The van der Waals surface area contributed by atoms with Crippen molar-refractivity contribution in [3.63, 3.8) is 0 Å². The summed E-state index contributed by atoms with van der Waals surface area (Å²) >= 11 is 3.14.